The van der Waals surface area contributed by atoms with Crippen molar-refractivity contribution in [2.75, 3.05) is 60.5 Å². The molecule has 1 amide bonds. The summed E-state index contributed by atoms with van der Waals surface area (Å²) in [5, 5.41) is 2.79. The Morgan fingerprint density at radius 3 is 2.14 bits per heavy atom. The molecule has 1 fully saturated rings. The Morgan fingerprint density at radius 1 is 1.00 bits per heavy atom. The first-order valence-corrected chi connectivity index (χ1v) is 11.4. The van der Waals surface area contributed by atoms with E-state index in [1.807, 2.05) is 43.3 Å². The van der Waals surface area contributed by atoms with Crippen LogP contribution < -0.4 is 14.5 Å². The maximum Gasteiger partial charge on any atom is 0.245 e. The van der Waals surface area contributed by atoms with Crippen LogP contribution in [0.4, 0.5) is 17.1 Å². The third-order valence-corrected chi connectivity index (χ3v) is 6.17. The van der Waals surface area contributed by atoms with Crippen molar-refractivity contribution in [3.05, 3.63) is 54.1 Å². The molecule has 29 heavy (non-hydrogen) atoms. The van der Waals surface area contributed by atoms with E-state index < -0.39 is 10.0 Å². The first-order chi connectivity index (χ1) is 13.7. The summed E-state index contributed by atoms with van der Waals surface area (Å²) in [5.74, 6) is -0.386. The van der Waals surface area contributed by atoms with Crippen LogP contribution in [0.2, 0.25) is 0 Å². The van der Waals surface area contributed by atoms with Crippen molar-refractivity contribution in [3.8, 4) is 0 Å². The maximum atomic E-state index is 12.5. The fraction of sp³-hybridized carbons (Fsp3) is 0.381. The van der Waals surface area contributed by atoms with Gasteiger partial charge >= 0.3 is 0 Å². The van der Waals surface area contributed by atoms with Gasteiger partial charge in [0, 0.05) is 37.6 Å². The van der Waals surface area contributed by atoms with E-state index in [1.54, 1.807) is 12.1 Å². The van der Waals surface area contributed by atoms with Crippen LogP contribution >= 0.6 is 0 Å². The maximum absolute atomic E-state index is 12.5. The molecule has 0 atom stereocenters. The van der Waals surface area contributed by atoms with Gasteiger partial charge in [0.25, 0.3) is 0 Å². The second-order valence-corrected chi connectivity index (χ2v) is 9.40. The highest BCUT2D eigenvalue weighted by molar-refractivity contribution is 7.92. The zero-order chi connectivity index (χ0) is 21.0. The quantitative estimate of drug-likeness (QED) is 0.781. The topological polar surface area (TPSA) is 73.0 Å². The smallest absolute Gasteiger partial charge is 0.245 e. The first kappa shape index (κ1) is 21.1. The number of likely N-dealkylation sites (N-methyl/N-ethyl adjacent to an activating group) is 1. The highest BCUT2D eigenvalue weighted by atomic mass is 32.2. The molecule has 7 nitrogen and oxygen atoms in total. The average molecular weight is 417 g/mol. The van der Waals surface area contributed by atoms with Crippen molar-refractivity contribution in [2.24, 2.45) is 0 Å². The standard InChI is InChI=1S/C21H28N4O3S/c1-17-4-8-20(9-5-17)25(29(3,27)28)16-21(26)22-18-6-10-19(11-7-18)24-14-12-23(2)13-15-24/h4-11H,12-16H2,1-3H3,(H,22,26). The van der Waals surface area contributed by atoms with Gasteiger partial charge < -0.3 is 15.1 Å². The summed E-state index contributed by atoms with van der Waals surface area (Å²) in [7, 11) is -1.46. The van der Waals surface area contributed by atoms with Crippen molar-refractivity contribution in [3.63, 3.8) is 0 Å². The molecule has 0 unspecified atom stereocenters. The number of amides is 1. The number of carbonyl (C=O) groups is 1. The van der Waals surface area contributed by atoms with Crippen LogP contribution in [0.25, 0.3) is 0 Å². The fourth-order valence-corrected chi connectivity index (χ4v) is 4.12. The Hall–Kier alpha value is -2.58. The zero-order valence-electron chi connectivity index (χ0n) is 17.1. The summed E-state index contributed by atoms with van der Waals surface area (Å²) in [6.07, 6.45) is 1.10. The van der Waals surface area contributed by atoms with Gasteiger partial charge in [0.05, 0.1) is 11.9 Å². The van der Waals surface area contributed by atoms with Crippen molar-refractivity contribution < 1.29 is 13.2 Å². The van der Waals surface area contributed by atoms with Crippen molar-refractivity contribution >= 4 is 33.0 Å². The SMILES string of the molecule is Cc1ccc(N(CC(=O)Nc2ccc(N3CCN(C)CC3)cc2)S(C)(=O)=O)cc1. The zero-order valence-corrected chi connectivity index (χ0v) is 17.9. The van der Waals surface area contributed by atoms with E-state index in [2.05, 4.69) is 22.2 Å². The summed E-state index contributed by atoms with van der Waals surface area (Å²) in [5.41, 5.74) is 3.25. The molecule has 1 aliphatic rings. The Balaban J connectivity index is 1.65. The molecule has 156 valence electrons. The highest BCUT2D eigenvalue weighted by Crippen LogP contribution is 2.21. The lowest BCUT2D eigenvalue weighted by Crippen LogP contribution is -2.44. The van der Waals surface area contributed by atoms with E-state index in [9.17, 15) is 13.2 Å². The highest BCUT2D eigenvalue weighted by Gasteiger charge is 2.21. The van der Waals surface area contributed by atoms with Gasteiger partial charge in [-0.1, -0.05) is 17.7 Å². The summed E-state index contributed by atoms with van der Waals surface area (Å²) in [4.78, 5) is 17.1. The summed E-state index contributed by atoms with van der Waals surface area (Å²) in [6.45, 7) is 5.65. The first-order valence-electron chi connectivity index (χ1n) is 9.60. The number of sulfonamides is 1. The number of carbonyl (C=O) groups excluding carboxylic acids is 1. The number of piperazine rings is 1. The molecule has 0 saturated carbocycles. The van der Waals surface area contributed by atoms with Crippen molar-refractivity contribution in [1.82, 2.24) is 4.90 Å². The Bertz CT molecular complexity index is 935. The van der Waals surface area contributed by atoms with Gasteiger partial charge in [0.2, 0.25) is 15.9 Å². The van der Waals surface area contributed by atoms with Crippen LogP contribution in [0.15, 0.2) is 48.5 Å². The van der Waals surface area contributed by atoms with Gasteiger partial charge in [-0.2, -0.15) is 0 Å². The van der Waals surface area contributed by atoms with Crippen LogP contribution in [-0.2, 0) is 14.8 Å². The lowest BCUT2D eigenvalue weighted by molar-refractivity contribution is -0.114. The minimum absolute atomic E-state index is 0.276. The predicted molar refractivity (Wildman–Crippen MR) is 118 cm³/mol. The predicted octanol–water partition coefficient (Wildman–Crippen LogP) is 2.15. The molecule has 1 N–H and O–H groups in total. The Morgan fingerprint density at radius 2 is 1.59 bits per heavy atom. The van der Waals surface area contributed by atoms with E-state index >= 15 is 0 Å². The van der Waals surface area contributed by atoms with Crippen molar-refractivity contribution in [1.29, 1.82) is 0 Å². The number of aryl methyl sites for hydroxylation is 1. The number of nitrogens with one attached hydrogen (secondary N) is 1. The molecular weight excluding hydrogens is 388 g/mol. The monoisotopic (exact) mass is 416 g/mol. The molecule has 0 bridgehead atoms. The van der Waals surface area contributed by atoms with E-state index in [-0.39, 0.29) is 12.5 Å². The fourth-order valence-electron chi connectivity index (χ4n) is 3.26. The van der Waals surface area contributed by atoms with E-state index in [1.165, 1.54) is 0 Å². The summed E-state index contributed by atoms with van der Waals surface area (Å²) in [6, 6.07) is 14.7. The number of anilines is 3. The number of nitrogens with zero attached hydrogens (tertiary/aromatic N) is 3. The molecule has 1 heterocycles. The van der Waals surface area contributed by atoms with Crippen LogP contribution in [0.5, 0.6) is 0 Å². The van der Waals surface area contributed by atoms with E-state index in [4.69, 9.17) is 0 Å². The largest absolute Gasteiger partial charge is 0.369 e. The Kier molecular flexibility index (Phi) is 6.44. The van der Waals surface area contributed by atoms with Crippen LogP contribution in [0.1, 0.15) is 5.56 Å². The van der Waals surface area contributed by atoms with Gasteiger partial charge in [-0.25, -0.2) is 8.42 Å². The molecule has 8 heteroatoms. The normalized spacial score (nSPS) is 15.2. The molecule has 1 aliphatic heterocycles. The minimum atomic E-state index is -3.58. The summed E-state index contributed by atoms with van der Waals surface area (Å²) < 4.78 is 25.5. The van der Waals surface area contributed by atoms with E-state index in [0.717, 1.165) is 48.0 Å². The molecule has 0 spiro atoms. The lowest BCUT2D eigenvalue weighted by atomic mass is 10.2. The number of benzene rings is 2. The third kappa shape index (κ3) is 5.71. The molecule has 2 aromatic carbocycles. The minimum Gasteiger partial charge on any atom is -0.369 e. The second-order valence-electron chi connectivity index (χ2n) is 7.49. The molecular formula is C21H28N4O3S. The molecule has 0 radical (unpaired) electrons. The summed E-state index contributed by atoms with van der Waals surface area (Å²) >= 11 is 0. The number of rotatable bonds is 6. The molecule has 0 aromatic heterocycles. The molecule has 0 aliphatic carbocycles. The lowest BCUT2D eigenvalue weighted by Gasteiger charge is -2.34. The van der Waals surface area contributed by atoms with Gasteiger partial charge in [-0.15, -0.1) is 0 Å². The average Bonchev–Trinajstić information content (AvgIpc) is 2.67. The van der Waals surface area contributed by atoms with Crippen LogP contribution in [0, 0.1) is 6.92 Å². The van der Waals surface area contributed by atoms with E-state index in [0.29, 0.717) is 11.4 Å². The molecule has 1 saturated heterocycles. The van der Waals surface area contributed by atoms with Gasteiger partial charge in [-0.05, 0) is 50.4 Å². The van der Waals surface area contributed by atoms with Gasteiger partial charge in [0.15, 0.2) is 0 Å². The van der Waals surface area contributed by atoms with Gasteiger partial charge in [0.1, 0.15) is 6.54 Å². The molecule has 3 rings (SSSR count). The Labute approximate surface area is 173 Å². The molecule has 2 aromatic rings. The number of hydrogen-bond donors (Lipinski definition) is 1. The van der Waals surface area contributed by atoms with Gasteiger partial charge in [-0.3, -0.25) is 9.10 Å². The second kappa shape index (κ2) is 8.84. The third-order valence-electron chi connectivity index (χ3n) is 5.03. The van der Waals surface area contributed by atoms with Crippen LogP contribution in [-0.4, -0.2) is 65.3 Å². The van der Waals surface area contributed by atoms with Crippen LogP contribution in [0.3, 0.4) is 0 Å². The van der Waals surface area contributed by atoms with Crippen molar-refractivity contribution in [2.45, 2.75) is 6.92 Å². The number of hydrogen-bond acceptors (Lipinski definition) is 5.